The van der Waals surface area contributed by atoms with E-state index in [1.54, 1.807) is 7.11 Å². The van der Waals surface area contributed by atoms with E-state index in [0.29, 0.717) is 19.0 Å². The monoisotopic (exact) mass is 271 g/mol. The van der Waals surface area contributed by atoms with Gasteiger partial charge < -0.3 is 10.1 Å². The highest BCUT2D eigenvalue weighted by atomic mass is 35.5. The van der Waals surface area contributed by atoms with Crippen LogP contribution in [0.25, 0.3) is 0 Å². The molecule has 1 rings (SSSR count). The summed E-state index contributed by atoms with van der Waals surface area (Å²) in [6.45, 7) is 5.06. The Labute approximate surface area is 112 Å². The Morgan fingerprint density at radius 3 is 2.89 bits per heavy atom. The van der Waals surface area contributed by atoms with E-state index in [2.05, 4.69) is 15.3 Å². The molecule has 1 aromatic rings. The van der Waals surface area contributed by atoms with Gasteiger partial charge in [-0.25, -0.2) is 9.97 Å². The van der Waals surface area contributed by atoms with Gasteiger partial charge in [0.2, 0.25) is 0 Å². The minimum Gasteiger partial charge on any atom is -0.385 e. The van der Waals surface area contributed by atoms with Crippen molar-refractivity contribution in [3.63, 3.8) is 0 Å². The van der Waals surface area contributed by atoms with Crippen molar-refractivity contribution in [2.75, 3.05) is 20.3 Å². The molecule has 1 N–H and O–H groups in total. The molecule has 0 saturated heterocycles. The van der Waals surface area contributed by atoms with Crippen molar-refractivity contribution in [3.8, 4) is 0 Å². The summed E-state index contributed by atoms with van der Waals surface area (Å²) in [4.78, 5) is 20.1. The fourth-order valence-electron chi connectivity index (χ4n) is 1.32. The number of hydrogen-bond acceptors (Lipinski definition) is 4. The maximum Gasteiger partial charge on any atom is 0.271 e. The SMILES string of the molecule is COCCCNC(=O)c1nc(C(C)C)ncc1Cl. The molecule has 0 fully saturated rings. The molecule has 0 spiro atoms. The number of halogens is 1. The van der Waals surface area contributed by atoms with Crippen LogP contribution in [0.5, 0.6) is 0 Å². The minimum absolute atomic E-state index is 0.155. The number of ether oxygens (including phenoxy) is 1. The summed E-state index contributed by atoms with van der Waals surface area (Å²) < 4.78 is 4.90. The Hall–Kier alpha value is -1.20. The number of rotatable bonds is 6. The van der Waals surface area contributed by atoms with Crippen LogP contribution in [-0.2, 0) is 4.74 Å². The second-order valence-corrected chi connectivity index (χ2v) is 4.59. The zero-order valence-electron chi connectivity index (χ0n) is 10.9. The van der Waals surface area contributed by atoms with Crippen LogP contribution in [0.4, 0.5) is 0 Å². The predicted molar refractivity (Wildman–Crippen MR) is 70.0 cm³/mol. The van der Waals surface area contributed by atoms with Crippen molar-refractivity contribution in [1.82, 2.24) is 15.3 Å². The average Bonchev–Trinajstić information content (AvgIpc) is 2.34. The Morgan fingerprint density at radius 2 is 2.28 bits per heavy atom. The van der Waals surface area contributed by atoms with E-state index >= 15 is 0 Å². The molecule has 0 aliphatic heterocycles. The van der Waals surface area contributed by atoms with Gasteiger partial charge in [-0.2, -0.15) is 0 Å². The Bertz CT molecular complexity index is 410. The molecule has 0 saturated carbocycles. The van der Waals surface area contributed by atoms with Gasteiger partial charge in [0.15, 0.2) is 0 Å². The lowest BCUT2D eigenvalue weighted by Gasteiger charge is -2.08. The van der Waals surface area contributed by atoms with Gasteiger partial charge in [-0.3, -0.25) is 4.79 Å². The molecule has 100 valence electrons. The Morgan fingerprint density at radius 1 is 1.56 bits per heavy atom. The summed E-state index contributed by atoms with van der Waals surface area (Å²) in [6.07, 6.45) is 2.22. The van der Waals surface area contributed by atoms with Crippen LogP contribution in [-0.4, -0.2) is 36.1 Å². The van der Waals surface area contributed by atoms with Crippen LogP contribution in [0.15, 0.2) is 6.20 Å². The zero-order valence-corrected chi connectivity index (χ0v) is 11.6. The summed E-state index contributed by atoms with van der Waals surface area (Å²) >= 11 is 5.93. The molecule has 0 unspecified atom stereocenters. The third-order valence-electron chi connectivity index (χ3n) is 2.31. The first-order valence-electron chi connectivity index (χ1n) is 5.85. The second-order valence-electron chi connectivity index (χ2n) is 4.18. The Balaban J connectivity index is 2.69. The van der Waals surface area contributed by atoms with E-state index < -0.39 is 0 Å². The van der Waals surface area contributed by atoms with E-state index in [1.165, 1.54) is 6.20 Å². The van der Waals surface area contributed by atoms with Crippen molar-refractivity contribution < 1.29 is 9.53 Å². The summed E-state index contributed by atoms with van der Waals surface area (Å²) in [5, 5.41) is 3.01. The van der Waals surface area contributed by atoms with E-state index in [9.17, 15) is 4.79 Å². The van der Waals surface area contributed by atoms with Gasteiger partial charge in [0.1, 0.15) is 11.5 Å². The minimum atomic E-state index is -0.277. The van der Waals surface area contributed by atoms with E-state index in [4.69, 9.17) is 16.3 Å². The molecule has 1 aromatic heterocycles. The van der Waals surface area contributed by atoms with Gasteiger partial charge in [0.25, 0.3) is 5.91 Å². The number of amides is 1. The number of aromatic nitrogens is 2. The van der Waals surface area contributed by atoms with Gasteiger partial charge in [-0.1, -0.05) is 25.4 Å². The number of carbonyl (C=O) groups excluding carboxylic acids is 1. The highest BCUT2D eigenvalue weighted by molar-refractivity contribution is 6.33. The molecule has 1 heterocycles. The molecule has 0 radical (unpaired) electrons. The number of nitrogens with zero attached hydrogens (tertiary/aromatic N) is 2. The van der Waals surface area contributed by atoms with E-state index in [-0.39, 0.29) is 22.5 Å². The zero-order chi connectivity index (χ0) is 13.5. The third kappa shape index (κ3) is 4.23. The van der Waals surface area contributed by atoms with Gasteiger partial charge in [0.05, 0.1) is 11.2 Å². The highest BCUT2D eigenvalue weighted by Crippen LogP contribution is 2.16. The molecule has 5 nitrogen and oxygen atoms in total. The molecule has 0 aromatic carbocycles. The third-order valence-corrected chi connectivity index (χ3v) is 2.58. The van der Waals surface area contributed by atoms with Gasteiger partial charge in [-0.05, 0) is 6.42 Å². The fourth-order valence-corrected chi connectivity index (χ4v) is 1.50. The topological polar surface area (TPSA) is 64.1 Å². The van der Waals surface area contributed by atoms with Gasteiger partial charge >= 0.3 is 0 Å². The lowest BCUT2D eigenvalue weighted by atomic mass is 10.2. The van der Waals surface area contributed by atoms with Gasteiger partial charge in [0, 0.05) is 26.2 Å². The first-order valence-corrected chi connectivity index (χ1v) is 6.23. The normalized spacial score (nSPS) is 10.7. The second kappa shape index (κ2) is 7.28. The maximum absolute atomic E-state index is 11.9. The molecular weight excluding hydrogens is 254 g/mol. The molecule has 18 heavy (non-hydrogen) atoms. The van der Waals surface area contributed by atoms with E-state index in [1.807, 2.05) is 13.8 Å². The van der Waals surface area contributed by atoms with Crippen molar-refractivity contribution in [2.24, 2.45) is 0 Å². The fraction of sp³-hybridized carbons (Fsp3) is 0.583. The molecule has 0 bridgehead atoms. The molecule has 6 heteroatoms. The van der Waals surface area contributed by atoms with Crippen LogP contribution in [0.3, 0.4) is 0 Å². The van der Waals surface area contributed by atoms with Crippen LogP contribution in [0, 0.1) is 0 Å². The number of methoxy groups -OCH3 is 1. The largest absolute Gasteiger partial charge is 0.385 e. The van der Waals surface area contributed by atoms with E-state index in [0.717, 1.165) is 6.42 Å². The first-order chi connectivity index (χ1) is 8.56. The predicted octanol–water partition coefficient (Wildman–Crippen LogP) is 2.02. The molecule has 0 atom stereocenters. The molecule has 0 aliphatic carbocycles. The lowest BCUT2D eigenvalue weighted by molar-refractivity contribution is 0.0943. The standard InChI is InChI=1S/C12H18ClN3O2/c1-8(2)11-15-7-9(13)10(16-11)12(17)14-5-4-6-18-3/h7-8H,4-6H2,1-3H3,(H,14,17). The maximum atomic E-state index is 11.9. The number of nitrogens with one attached hydrogen (secondary N) is 1. The quantitative estimate of drug-likeness (QED) is 0.804. The molecule has 1 amide bonds. The lowest BCUT2D eigenvalue weighted by Crippen LogP contribution is -2.27. The van der Waals surface area contributed by atoms with Crippen LogP contribution < -0.4 is 5.32 Å². The first kappa shape index (κ1) is 14.9. The van der Waals surface area contributed by atoms with Crippen LogP contribution in [0.1, 0.15) is 42.5 Å². The highest BCUT2D eigenvalue weighted by Gasteiger charge is 2.14. The van der Waals surface area contributed by atoms with Crippen molar-refractivity contribution >= 4 is 17.5 Å². The summed E-state index contributed by atoms with van der Waals surface area (Å²) in [5.41, 5.74) is 0.229. The summed E-state index contributed by atoms with van der Waals surface area (Å²) in [5.74, 6) is 0.490. The van der Waals surface area contributed by atoms with Crippen molar-refractivity contribution in [1.29, 1.82) is 0 Å². The number of carbonyl (C=O) groups is 1. The molecular formula is C12H18ClN3O2. The number of hydrogen-bond donors (Lipinski definition) is 1. The van der Waals surface area contributed by atoms with Gasteiger partial charge in [-0.15, -0.1) is 0 Å². The summed E-state index contributed by atoms with van der Waals surface area (Å²) in [7, 11) is 1.62. The van der Waals surface area contributed by atoms with Crippen molar-refractivity contribution in [3.05, 3.63) is 22.7 Å². The van der Waals surface area contributed by atoms with Crippen LogP contribution >= 0.6 is 11.6 Å². The van der Waals surface area contributed by atoms with Crippen LogP contribution in [0.2, 0.25) is 5.02 Å². The smallest absolute Gasteiger partial charge is 0.271 e. The summed E-state index contributed by atoms with van der Waals surface area (Å²) in [6, 6.07) is 0. The van der Waals surface area contributed by atoms with Crippen molar-refractivity contribution in [2.45, 2.75) is 26.2 Å². The Kier molecular flexibility index (Phi) is 6.01. The molecule has 0 aliphatic rings. The average molecular weight is 272 g/mol.